The zero-order valence-electron chi connectivity index (χ0n) is 9.61. The van der Waals surface area contributed by atoms with E-state index in [1.807, 2.05) is 11.9 Å². The molecule has 1 aromatic heterocycles. The Morgan fingerprint density at radius 2 is 2.56 bits per heavy atom. The first-order chi connectivity index (χ1) is 7.81. The number of rotatable bonds is 3. The highest BCUT2D eigenvalue weighted by Crippen LogP contribution is 2.18. The number of carbonyl (C=O) groups is 1. The van der Waals surface area contributed by atoms with Gasteiger partial charge in [0.15, 0.2) is 0 Å². The Kier molecular flexibility index (Phi) is 3.62. The molecule has 1 saturated heterocycles. The van der Waals surface area contributed by atoms with Crippen LogP contribution in [-0.4, -0.2) is 37.5 Å². The fourth-order valence-corrected chi connectivity index (χ4v) is 2.27. The van der Waals surface area contributed by atoms with Crippen molar-refractivity contribution in [3.05, 3.63) is 24.2 Å². The summed E-state index contributed by atoms with van der Waals surface area (Å²) in [6, 6.07) is 1.73. The fraction of sp³-hybridized carbons (Fsp3) is 0.583. The predicted octanol–water partition coefficient (Wildman–Crippen LogP) is 1.35. The SMILES string of the molecule is CNCC1CCCN(C(=O)c2ccoc2)C1. The average molecular weight is 222 g/mol. The van der Waals surface area contributed by atoms with Crippen LogP contribution in [-0.2, 0) is 0 Å². The predicted molar refractivity (Wildman–Crippen MR) is 61.3 cm³/mol. The zero-order valence-corrected chi connectivity index (χ0v) is 9.61. The van der Waals surface area contributed by atoms with Crippen LogP contribution in [0.1, 0.15) is 23.2 Å². The Morgan fingerprint density at radius 1 is 1.69 bits per heavy atom. The highest BCUT2D eigenvalue weighted by molar-refractivity contribution is 5.93. The number of likely N-dealkylation sites (tertiary alicyclic amines) is 1. The van der Waals surface area contributed by atoms with E-state index < -0.39 is 0 Å². The number of hydrogen-bond donors (Lipinski definition) is 1. The van der Waals surface area contributed by atoms with Gasteiger partial charge >= 0.3 is 0 Å². The standard InChI is InChI=1S/C12H18N2O2/c1-13-7-10-3-2-5-14(8-10)12(15)11-4-6-16-9-11/h4,6,9-10,13H,2-3,5,7-8H2,1H3. The number of piperidine rings is 1. The van der Waals surface area contributed by atoms with Crippen LogP contribution in [0, 0.1) is 5.92 Å². The summed E-state index contributed by atoms with van der Waals surface area (Å²) in [5.74, 6) is 0.671. The maximum Gasteiger partial charge on any atom is 0.257 e. The molecule has 88 valence electrons. The van der Waals surface area contributed by atoms with Crippen LogP contribution in [0.3, 0.4) is 0 Å². The molecule has 1 aromatic rings. The van der Waals surface area contributed by atoms with Gasteiger partial charge in [-0.15, -0.1) is 0 Å². The van der Waals surface area contributed by atoms with E-state index in [9.17, 15) is 4.79 Å². The third kappa shape index (κ3) is 2.44. The molecule has 4 nitrogen and oxygen atoms in total. The third-order valence-corrected chi connectivity index (χ3v) is 3.07. The molecule has 0 aromatic carbocycles. The monoisotopic (exact) mass is 222 g/mol. The molecule has 4 heteroatoms. The lowest BCUT2D eigenvalue weighted by Crippen LogP contribution is -2.42. The molecule has 0 bridgehead atoms. The molecule has 16 heavy (non-hydrogen) atoms. The second kappa shape index (κ2) is 5.16. The van der Waals surface area contributed by atoms with E-state index in [2.05, 4.69) is 5.32 Å². The van der Waals surface area contributed by atoms with Gasteiger partial charge in [0.25, 0.3) is 5.91 Å². The first-order valence-electron chi connectivity index (χ1n) is 5.77. The maximum atomic E-state index is 12.1. The topological polar surface area (TPSA) is 45.5 Å². The number of nitrogens with one attached hydrogen (secondary N) is 1. The average Bonchev–Trinajstić information content (AvgIpc) is 2.82. The molecule has 1 aliphatic heterocycles. The van der Waals surface area contributed by atoms with Crippen molar-refractivity contribution in [2.75, 3.05) is 26.7 Å². The van der Waals surface area contributed by atoms with Gasteiger partial charge in [0.2, 0.25) is 0 Å². The van der Waals surface area contributed by atoms with Crippen LogP contribution in [0.5, 0.6) is 0 Å². The molecule has 0 saturated carbocycles. The minimum absolute atomic E-state index is 0.0922. The molecule has 2 heterocycles. The molecular weight excluding hydrogens is 204 g/mol. The number of carbonyl (C=O) groups excluding carboxylic acids is 1. The van der Waals surface area contributed by atoms with Gasteiger partial charge in [-0.3, -0.25) is 4.79 Å². The van der Waals surface area contributed by atoms with Crippen molar-refractivity contribution < 1.29 is 9.21 Å². The van der Waals surface area contributed by atoms with Gasteiger partial charge in [-0.05, 0) is 38.4 Å². The second-order valence-electron chi connectivity index (χ2n) is 4.33. The van der Waals surface area contributed by atoms with Gasteiger partial charge < -0.3 is 14.6 Å². The van der Waals surface area contributed by atoms with Crippen molar-refractivity contribution in [3.8, 4) is 0 Å². The molecule has 1 aliphatic rings. The summed E-state index contributed by atoms with van der Waals surface area (Å²) in [6.45, 7) is 2.70. The van der Waals surface area contributed by atoms with Crippen molar-refractivity contribution >= 4 is 5.91 Å². The van der Waals surface area contributed by atoms with Crippen molar-refractivity contribution in [1.29, 1.82) is 0 Å². The summed E-state index contributed by atoms with van der Waals surface area (Å²) in [6.07, 6.45) is 5.36. The molecule has 1 fully saturated rings. The van der Waals surface area contributed by atoms with Crippen LogP contribution in [0.15, 0.2) is 23.0 Å². The number of furan rings is 1. The van der Waals surface area contributed by atoms with Gasteiger partial charge in [0, 0.05) is 13.1 Å². The summed E-state index contributed by atoms with van der Waals surface area (Å²) in [7, 11) is 1.96. The molecule has 2 rings (SSSR count). The van der Waals surface area contributed by atoms with Gasteiger partial charge in [-0.25, -0.2) is 0 Å². The van der Waals surface area contributed by atoms with Crippen molar-refractivity contribution in [2.45, 2.75) is 12.8 Å². The van der Waals surface area contributed by atoms with Crippen molar-refractivity contribution in [1.82, 2.24) is 10.2 Å². The maximum absolute atomic E-state index is 12.1. The quantitative estimate of drug-likeness (QED) is 0.839. The highest BCUT2D eigenvalue weighted by Gasteiger charge is 2.24. The van der Waals surface area contributed by atoms with E-state index in [0.717, 1.165) is 26.1 Å². The van der Waals surface area contributed by atoms with Crippen molar-refractivity contribution in [3.63, 3.8) is 0 Å². The normalized spacial score (nSPS) is 21.1. The van der Waals surface area contributed by atoms with Crippen LogP contribution in [0.4, 0.5) is 0 Å². The Morgan fingerprint density at radius 3 is 3.25 bits per heavy atom. The number of amides is 1. The molecule has 0 aliphatic carbocycles. The molecular formula is C12H18N2O2. The molecule has 1 N–H and O–H groups in total. The molecule has 0 radical (unpaired) electrons. The first kappa shape index (κ1) is 11.2. The van der Waals surface area contributed by atoms with Crippen molar-refractivity contribution in [2.24, 2.45) is 5.92 Å². The van der Waals surface area contributed by atoms with Crippen LogP contribution in [0.2, 0.25) is 0 Å². The molecule has 1 unspecified atom stereocenters. The smallest absolute Gasteiger partial charge is 0.257 e. The van der Waals surface area contributed by atoms with Crippen LogP contribution >= 0.6 is 0 Å². The first-order valence-corrected chi connectivity index (χ1v) is 5.77. The van der Waals surface area contributed by atoms with Crippen LogP contribution < -0.4 is 5.32 Å². The summed E-state index contributed by atoms with van der Waals surface area (Å²) >= 11 is 0. The second-order valence-corrected chi connectivity index (χ2v) is 4.33. The summed E-state index contributed by atoms with van der Waals surface area (Å²) in [5.41, 5.74) is 0.658. The lowest BCUT2D eigenvalue weighted by atomic mass is 9.97. The lowest BCUT2D eigenvalue weighted by Gasteiger charge is -2.32. The van der Waals surface area contributed by atoms with E-state index in [0.29, 0.717) is 11.5 Å². The largest absolute Gasteiger partial charge is 0.472 e. The van der Waals surface area contributed by atoms with E-state index >= 15 is 0 Å². The van der Waals surface area contributed by atoms with E-state index in [-0.39, 0.29) is 5.91 Å². The van der Waals surface area contributed by atoms with Gasteiger partial charge in [-0.1, -0.05) is 0 Å². The Bertz CT molecular complexity index is 333. The minimum Gasteiger partial charge on any atom is -0.472 e. The minimum atomic E-state index is 0.0922. The van der Waals surface area contributed by atoms with E-state index in [4.69, 9.17) is 4.42 Å². The lowest BCUT2D eigenvalue weighted by molar-refractivity contribution is 0.0673. The zero-order chi connectivity index (χ0) is 11.4. The van der Waals surface area contributed by atoms with E-state index in [1.54, 1.807) is 12.3 Å². The Labute approximate surface area is 95.6 Å². The Hall–Kier alpha value is -1.29. The number of nitrogens with zero attached hydrogens (tertiary/aromatic N) is 1. The fourth-order valence-electron chi connectivity index (χ4n) is 2.27. The summed E-state index contributed by atoms with van der Waals surface area (Å²) in [4.78, 5) is 14.0. The highest BCUT2D eigenvalue weighted by atomic mass is 16.3. The van der Waals surface area contributed by atoms with E-state index in [1.165, 1.54) is 12.7 Å². The molecule has 1 atom stereocenters. The molecule has 1 amide bonds. The van der Waals surface area contributed by atoms with Gasteiger partial charge in [0.05, 0.1) is 11.8 Å². The summed E-state index contributed by atoms with van der Waals surface area (Å²) in [5, 5.41) is 3.18. The van der Waals surface area contributed by atoms with Gasteiger partial charge in [0.1, 0.15) is 6.26 Å². The molecule has 0 spiro atoms. The van der Waals surface area contributed by atoms with Crippen LogP contribution in [0.25, 0.3) is 0 Å². The van der Waals surface area contributed by atoms with Gasteiger partial charge in [-0.2, -0.15) is 0 Å². The number of hydrogen-bond acceptors (Lipinski definition) is 3. The Balaban J connectivity index is 1.96. The summed E-state index contributed by atoms with van der Waals surface area (Å²) < 4.78 is 4.94. The third-order valence-electron chi connectivity index (χ3n) is 3.07.